The Morgan fingerprint density at radius 3 is 2.33 bits per heavy atom. The van der Waals surface area contributed by atoms with Gasteiger partial charge < -0.3 is 5.73 Å². The summed E-state index contributed by atoms with van der Waals surface area (Å²) >= 11 is 0. The van der Waals surface area contributed by atoms with E-state index in [-0.39, 0.29) is 13.0 Å². The van der Waals surface area contributed by atoms with Crippen LogP contribution in [0, 0.1) is 0 Å². The van der Waals surface area contributed by atoms with Crippen molar-refractivity contribution in [1.82, 2.24) is 0 Å². The van der Waals surface area contributed by atoms with Crippen LogP contribution < -0.4 is 5.73 Å². The maximum Gasteiger partial charge on any atom is 0.268 e. The first-order valence-corrected chi connectivity index (χ1v) is 6.24. The number of benzene rings is 1. The second kappa shape index (κ2) is 5.25. The van der Waals surface area contributed by atoms with Gasteiger partial charge in [-0.25, -0.2) is 0 Å². The maximum absolute atomic E-state index is 11.0. The number of hydrogen-bond donors (Lipinski definition) is 2. The van der Waals surface area contributed by atoms with Gasteiger partial charge in [-0.05, 0) is 24.9 Å². The molecule has 0 bridgehead atoms. The number of hydrogen-bond acceptors (Lipinski definition) is 3. The van der Waals surface area contributed by atoms with Crippen molar-refractivity contribution in [1.29, 1.82) is 0 Å². The first kappa shape index (κ1) is 12.2. The Labute approximate surface area is 89.9 Å². The molecular formula is C10H15NO3S. The zero-order chi connectivity index (χ0) is 11.3. The van der Waals surface area contributed by atoms with Gasteiger partial charge in [0, 0.05) is 0 Å². The summed E-state index contributed by atoms with van der Waals surface area (Å²) in [6.45, 7) is 0.247. The molecule has 0 amide bonds. The maximum atomic E-state index is 11.0. The predicted octanol–water partition coefficient (Wildman–Crippen LogP) is 0.834. The van der Waals surface area contributed by atoms with Crippen molar-refractivity contribution in [3.8, 4) is 0 Å². The Bertz CT molecular complexity index is 388. The quantitative estimate of drug-likeness (QED) is 0.733. The molecule has 84 valence electrons. The lowest BCUT2D eigenvalue weighted by Crippen LogP contribution is -2.26. The molecule has 0 aromatic heterocycles. The van der Waals surface area contributed by atoms with Gasteiger partial charge in [0.1, 0.15) is 0 Å². The lowest BCUT2D eigenvalue weighted by molar-refractivity contribution is 0.461. The average molecular weight is 229 g/mol. The molecule has 0 radical (unpaired) electrons. The molecule has 0 aliphatic heterocycles. The molecule has 5 heteroatoms. The Balaban J connectivity index is 2.76. The molecule has 1 rings (SSSR count). The summed E-state index contributed by atoms with van der Waals surface area (Å²) in [6, 6.07) is 9.18. The smallest absolute Gasteiger partial charge is 0.268 e. The van der Waals surface area contributed by atoms with Crippen LogP contribution in [-0.2, 0) is 16.5 Å². The molecule has 0 aliphatic carbocycles. The fourth-order valence-corrected chi connectivity index (χ4v) is 2.26. The van der Waals surface area contributed by atoms with Crippen LogP contribution in [0.3, 0.4) is 0 Å². The van der Waals surface area contributed by atoms with E-state index in [1.54, 1.807) is 0 Å². The topological polar surface area (TPSA) is 80.4 Å². The minimum absolute atomic E-state index is 0.247. The zero-order valence-corrected chi connectivity index (χ0v) is 9.15. The van der Waals surface area contributed by atoms with E-state index in [0.29, 0.717) is 6.42 Å². The standard InChI is InChI=1S/C10H15NO3S/c11-7-6-10(15(12,13)14)8-9-4-2-1-3-5-9/h1-5,10H,6-8,11H2,(H,12,13,14). The second-order valence-corrected chi connectivity index (χ2v) is 5.10. The normalized spacial score (nSPS) is 13.7. The highest BCUT2D eigenvalue weighted by molar-refractivity contribution is 7.86. The van der Waals surface area contributed by atoms with Gasteiger partial charge in [0.25, 0.3) is 10.1 Å². The predicted molar refractivity (Wildman–Crippen MR) is 59.2 cm³/mol. The molecular weight excluding hydrogens is 214 g/mol. The van der Waals surface area contributed by atoms with Crippen molar-refractivity contribution < 1.29 is 13.0 Å². The third-order valence-corrected chi connectivity index (χ3v) is 3.46. The molecule has 0 fully saturated rings. The Kier molecular flexibility index (Phi) is 4.26. The van der Waals surface area contributed by atoms with Gasteiger partial charge in [0.15, 0.2) is 0 Å². The molecule has 1 aromatic rings. The van der Waals surface area contributed by atoms with Crippen molar-refractivity contribution in [3.05, 3.63) is 35.9 Å². The van der Waals surface area contributed by atoms with Crippen LogP contribution in [0.5, 0.6) is 0 Å². The summed E-state index contributed by atoms with van der Waals surface area (Å²) in [5.74, 6) is 0. The van der Waals surface area contributed by atoms with Crippen molar-refractivity contribution in [2.75, 3.05) is 6.54 Å². The van der Waals surface area contributed by atoms with Gasteiger partial charge in [-0.2, -0.15) is 8.42 Å². The number of rotatable bonds is 5. The number of nitrogens with two attached hydrogens (primary N) is 1. The summed E-state index contributed by atoms with van der Waals surface area (Å²) in [5.41, 5.74) is 6.19. The van der Waals surface area contributed by atoms with Gasteiger partial charge in [0.2, 0.25) is 0 Å². The molecule has 0 spiro atoms. The Morgan fingerprint density at radius 2 is 1.87 bits per heavy atom. The van der Waals surface area contributed by atoms with Crippen LogP contribution in [-0.4, -0.2) is 24.8 Å². The zero-order valence-electron chi connectivity index (χ0n) is 8.33. The lowest BCUT2D eigenvalue weighted by atomic mass is 10.1. The molecule has 4 nitrogen and oxygen atoms in total. The van der Waals surface area contributed by atoms with Crippen molar-refractivity contribution in [2.45, 2.75) is 18.1 Å². The monoisotopic (exact) mass is 229 g/mol. The van der Waals surface area contributed by atoms with Gasteiger partial charge in [-0.1, -0.05) is 30.3 Å². The van der Waals surface area contributed by atoms with Crippen LogP contribution >= 0.6 is 0 Å². The molecule has 1 aromatic carbocycles. The van der Waals surface area contributed by atoms with E-state index in [1.165, 1.54) is 0 Å². The van der Waals surface area contributed by atoms with Crippen LogP contribution in [0.25, 0.3) is 0 Å². The third-order valence-electron chi connectivity index (χ3n) is 2.22. The fraction of sp³-hybridized carbons (Fsp3) is 0.400. The van der Waals surface area contributed by atoms with E-state index >= 15 is 0 Å². The lowest BCUT2D eigenvalue weighted by Gasteiger charge is -2.12. The Hall–Kier alpha value is -0.910. The first-order chi connectivity index (χ1) is 7.04. The second-order valence-electron chi connectivity index (χ2n) is 3.40. The highest BCUT2D eigenvalue weighted by atomic mass is 32.2. The van der Waals surface area contributed by atoms with Crippen LogP contribution in [0.4, 0.5) is 0 Å². The van der Waals surface area contributed by atoms with Gasteiger partial charge in [-0.3, -0.25) is 4.55 Å². The summed E-state index contributed by atoms with van der Waals surface area (Å²) in [5, 5.41) is -0.801. The molecule has 3 N–H and O–H groups in total. The summed E-state index contributed by atoms with van der Waals surface area (Å²) in [6.07, 6.45) is 0.574. The molecule has 0 saturated heterocycles. The Morgan fingerprint density at radius 1 is 1.27 bits per heavy atom. The molecule has 1 atom stereocenters. The molecule has 0 aliphatic rings. The molecule has 1 unspecified atom stereocenters. The third kappa shape index (κ3) is 3.99. The van der Waals surface area contributed by atoms with Gasteiger partial charge in [0.05, 0.1) is 5.25 Å². The van der Waals surface area contributed by atoms with Crippen LogP contribution in [0.2, 0.25) is 0 Å². The molecule has 0 heterocycles. The van der Waals surface area contributed by atoms with Crippen LogP contribution in [0.15, 0.2) is 30.3 Å². The van der Waals surface area contributed by atoms with Gasteiger partial charge in [-0.15, -0.1) is 0 Å². The highest BCUT2D eigenvalue weighted by Crippen LogP contribution is 2.11. The SMILES string of the molecule is NCCC(Cc1ccccc1)S(=O)(=O)O. The molecule has 15 heavy (non-hydrogen) atoms. The van der Waals surface area contributed by atoms with E-state index in [9.17, 15) is 8.42 Å². The van der Waals surface area contributed by atoms with Crippen molar-refractivity contribution in [2.24, 2.45) is 5.73 Å². The summed E-state index contributed by atoms with van der Waals surface area (Å²) < 4.78 is 31.0. The van der Waals surface area contributed by atoms with Crippen LogP contribution in [0.1, 0.15) is 12.0 Å². The van der Waals surface area contributed by atoms with Gasteiger partial charge >= 0.3 is 0 Å². The minimum atomic E-state index is -4.01. The summed E-state index contributed by atoms with van der Waals surface area (Å²) in [7, 11) is -4.01. The summed E-state index contributed by atoms with van der Waals surface area (Å²) in [4.78, 5) is 0. The van der Waals surface area contributed by atoms with E-state index in [1.807, 2.05) is 30.3 Å². The van der Waals surface area contributed by atoms with E-state index in [0.717, 1.165) is 5.56 Å². The minimum Gasteiger partial charge on any atom is -0.330 e. The first-order valence-electron chi connectivity index (χ1n) is 4.74. The van der Waals surface area contributed by atoms with Crippen molar-refractivity contribution in [3.63, 3.8) is 0 Å². The van der Waals surface area contributed by atoms with E-state index in [2.05, 4.69) is 0 Å². The van der Waals surface area contributed by atoms with E-state index < -0.39 is 15.4 Å². The van der Waals surface area contributed by atoms with E-state index in [4.69, 9.17) is 10.3 Å². The molecule has 0 saturated carbocycles. The highest BCUT2D eigenvalue weighted by Gasteiger charge is 2.22. The van der Waals surface area contributed by atoms with Crippen molar-refractivity contribution >= 4 is 10.1 Å². The largest absolute Gasteiger partial charge is 0.330 e. The average Bonchev–Trinajstić information content (AvgIpc) is 2.17. The fourth-order valence-electron chi connectivity index (χ4n) is 1.42.